The van der Waals surface area contributed by atoms with E-state index in [0.717, 1.165) is 27.8 Å². The molecule has 0 spiro atoms. The summed E-state index contributed by atoms with van der Waals surface area (Å²) in [5.74, 6) is 0.465. The van der Waals surface area contributed by atoms with E-state index in [4.69, 9.17) is 14.2 Å². The Balaban J connectivity index is 1.50. The van der Waals surface area contributed by atoms with Gasteiger partial charge < -0.3 is 19.5 Å². The van der Waals surface area contributed by atoms with E-state index in [9.17, 15) is 24.5 Å². The molecule has 11 nitrogen and oxygen atoms in total. The zero-order chi connectivity index (χ0) is 31.6. The van der Waals surface area contributed by atoms with E-state index >= 15 is 0 Å². The summed E-state index contributed by atoms with van der Waals surface area (Å²) in [5, 5.41) is 13.1. The van der Waals surface area contributed by atoms with Crippen molar-refractivity contribution in [2.75, 3.05) is 25.1 Å². The minimum Gasteiger partial charge on any atom is -0.494 e. The third-order valence-electron chi connectivity index (χ3n) is 6.27. The molecule has 44 heavy (non-hydrogen) atoms. The van der Waals surface area contributed by atoms with Crippen molar-refractivity contribution in [2.24, 2.45) is 0 Å². The van der Waals surface area contributed by atoms with Crippen LogP contribution in [0.3, 0.4) is 0 Å². The van der Waals surface area contributed by atoms with E-state index in [1.807, 2.05) is 19.9 Å². The Kier molecular flexibility index (Phi) is 10.8. The van der Waals surface area contributed by atoms with Gasteiger partial charge in [-0.3, -0.25) is 29.4 Å². The maximum absolute atomic E-state index is 13.1. The highest BCUT2D eigenvalue weighted by atomic mass is 32.2. The van der Waals surface area contributed by atoms with Gasteiger partial charge in [0.2, 0.25) is 5.91 Å². The molecule has 0 aromatic heterocycles. The Labute approximate surface area is 258 Å². The van der Waals surface area contributed by atoms with E-state index in [0.29, 0.717) is 48.1 Å². The summed E-state index contributed by atoms with van der Waals surface area (Å²) in [6.45, 7) is 8.08. The first kappa shape index (κ1) is 31.8. The molecule has 1 heterocycles. The number of imide groups is 1. The number of hydrogen-bond acceptors (Lipinski definition) is 9. The highest BCUT2D eigenvalue weighted by molar-refractivity contribution is 8.18. The summed E-state index contributed by atoms with van der Waals surface area (Å²) in [5.41, 5.74) is 2.55. The molecule has 3 aromatic carbocycles. The van der Waals surface area contributed by atoms with Crippen LogP contribution in [0.4, 0.5) is 16.2 Å². The molecule has 12 heteroatoms. The fourth-order valence-electron chi connectivity index (χ4n) is 4.30. The van der Waals surface area contributed by atoms with Gasteiger partial charge in [0.1, 0.15) is 18.9 Å². The minimum absolute atomic E-state index is 0.0156. The highest BCUT2D eigenvalue weighted by Gasteiger charge is 2.36. The Morgan fingerprint density at radius 3 is 2.36 bits per heavy atom. The van der Waals surface area contributed by atoms with Crippen molar-refractivity contribution in [3.63, 3.8) is 0 Å². The lowest BCUT2D eigenvalue weighted by atomic mass is 10.0. The van der Waals surface area contributed by atoms with Crippen LogP contribution in [0.1, 0.15) is 30.5 Å². The number of ether oxygens (including phenoxy) is 3. The van der Waals surface area contributed by atoms with Crippen LogP contribution in [-0.4, -0.2) is 46.6 Å². The topological polar surface area (TPSA) is 137 Å². The number of benzene rings is 3. The molecular formula is C32H31N3O8S. The number of nitro groups is 1. The van der Waals surface area contributed by atoms with Crippen molar-refractivity contribution >= 4 is 46.3 Å². The van der Waals surface area contributed by atoms with Crippen LogP contribution < -0.4 is 19.5 Å². The van der Waals surface area contributed by atoms with Crippen molar-refractivity contribution < 1.29 is 33.5 Å². The van der Waals surface area contributed by atoms with Crippen LogP contribution in [0.5, 0.6) is 17.2 Å². The number of carbonyl (C=O) groups excluding carboxylic acids is 3. The van der Waals surface area contributed by atoms with Crippen molar-refractivity contribution in [2.45, 2.75) is 26.9 Å². The fraction of sp³-hybridized carbons (Fsp3) is 0.219. The molecule has 0 atom stereocenters. The SMILES string of the molecule is C=CCc1cc(/C=C2/SC(=O)N(CC(=O)Nc3ccc(OCC)cc3)C2=O)cc(OCC)c1OCc1ccc([N+](=O)[O-])cc1. The van der Waals surface area contributed by atoms with Crippen LogP contribution >= 0.6 is 11.8 Å². The molecule has 4 rings (SSSR count). The van der Waals surface area contributed by atoms with Gasteiger partial charge in [0.15, 0.2) is 11.5 Å². The number of nitrogens with zero attached hydrogens (tertiary/aromatic N) is 2. The van der Waals surface area contributed by atoms with E-state index in [-0.39, 0.29) is 17.2 Å². The van der Waals surface area contributed by atoms with Crippen molar-refractivity contribution in [1.29, 1.82) is 0 Å². The number of amides is 3. The standard InChI is InChI=1S/C32H31N3O8S/c1-4-7-23-16-22(17-27(42-6-3)30(23)43-20-21-8-12-25(13-9-21)35(39)40)18-28-31(37)34(32(38)44-28)19-29(36)33-24-10-14-26(15-11-24)41-5-2/h4,8-18H,1,5-7,19-20H2,2-3H3,(H,33,36)/b28-18+. The Bertz CT molecular complexity index is 1590. The number of thioether (sulfide) groups is 1. The molecule has 0 unspecified atom stereocenters. The lowest BCUT2D eigenvalue weighted by molar-refractivity contribution is -0.384. The molecule has 0 bridgehead atoms. The number of allylic oxidation sites excluding steroid dienone is 1. The Hall–Kier alpha value is -5.10. The predicted octanol–water partition coefficient (Wildman–Crippen LogP) is 6.37. The molecular weight excluding hydrogens is 586 g/mol. The largest absolute Gasteiger partial charge is 0.494 e. The third-order valence-corrected chi connectivity index (χ3v) is 7.18. The van der Waals surface area contributed by atoms with Crippen molar-refractivity contribution in [1.82, 2.24) is 4.90 Å². The predicted molar refractivity (Wildman–Crippen MR) is 168 cm³/mol. The molecule has 1 N–H and O–H groups in total. The zero-order valence-electron chi connectivity index (χ0n) is 24.2. The molecule has 0 saturated carbocycles. The Morgan fingerprint density at radius 1 is 1.02 bits per heavy atom. The first-order valence-electron chi connectivity index (χ1n) is 13.8. The summed E-state index contributed by atoms with van der Waals surface area (Å²) in [6, 6.07) is 16.3. The minimum atomic E-state index is -0.580. The van der Waals surface area contributed by atoms with Gasteiger partial charge in [0.25, 0.3) is 16.8 Å². The van der Waals surface area contributed by atoms with E-state index < -0.39 is 28.5 Å². The molecule has 0 aliphatic carbocycles. The number of nitrogens with one attached hydrogen (secondary N) is 1. The van der Waals surface area contributed by atoms with Crippen LogP contribution in [0.15, 0.2) is 78.2 Å². The number of anilines is 1. The average molecular weight is 618 g/mol. The van der Waals surface area contributed by atoms with Crippen LogP contribution in [0.2, 0.25) is 0 Å². The molecule has 1 aliphatic rings. The highest BCUT2D eigenvalue weighted by Crippen LogP contribution is 2.38. The molecule has 228 valence electrons. The number of non-ortho nitro benzene ring substituents is 1. The fourth-order valence-corrected chi connectivity index (χ4v) is 5.14. The van der Waals surface area contributed by atoms with Gasteiger partial charge in [-0.15, -0.1) is 6.58 Å². The molecule has 1 aliphatic heterocycles. The van der Waals surface area contributed by atoms with Gasteiger partial charge >= 0.3 is 0 Å². The zero-order valence-corrected chi connectivity index (χ0v) is 25.1. The summed E-state index contributed by atoms with van der Waals surface area (Å²) < 4.78 is 17.4. The summed E-state index contributed by atoms with van der Waals surface area (Å²) in [6.07, 6.45) is 3.69. The summed E-state index contributed by atoms with van der Waals surface area (Å²) in [7, 11) is 0. The third kappa shape index (κ3) is 8.04. The summed E-state index contributed by atoms with van der Waals surface area (Å²) in [4.78, 5) is 50.0. The van der Waals surface area contributed by atoms with Crippen LogP contribution in [0, 0.1) is 10.1 Å². The van der Waals surface area contributed by atoms with Gasteiger partial charge in [-0.05, 0) is 97.8 Å². The number of hydrogen-bond donors (Lipinski definition) is 1. The summed E-state index contributed by atoms with van der Waals surface area (Å²) >= 11 is 0.747. The van der Waals surface area contributed by atoms with Gasteiger partial charge in [-0.25, -0.2) is 0 Å². The van der Waals surface area contributed by atoms with Crippen LogP contribution in [-0.2, 0) is 22.6 Å². The van der Waals surface area contributed by atoms with Gasteiger partial charge in [-0.1, -0.05) is 6.08 Å². The number of nitro benzene ring substituents is 1. The van der Waals surface area contributed by atoms with Gasteiger partial charge in [0, 0.05) is 23.4 Å². The van der Waals surface area contributed by atoms with Gasteiger partial charge in [0.05, 0.1) is 23.0 Å². The van der Waals surface area contributed by atoms with Gasteiger partial charge in [-0.2, -0.15) is 0 Å². The van der Waals surface area contributed by atoms with Crippen molar-refractivity contribution in [3.8, 4) is 17.2 Å². The lowest BCUT2D eigenvalue weighted by Crippen LogP contribution is -2.36. The maximum atomic E-state index is 13.1. The normalized spacial score (nSPS) is 13.6. The Morgan fingerprint density at radius 2 is 1.73 bits per heavy atom. The second-order valence-electron chi connectivity index (χ2n) is 9.42. The molecule has 3 amide bonds. The molecule has 1 saturated heterocycles. The van der Waals surface area contributed by atoms with E-state index in [1.54, 1.807) is 54.6 Å². The molecule has 1 fully saturated rings. The number of rotatable bonds is 14. The monoisotopic (exact) mass is 617 g/mol. The second kappa shape index (κ2) is 14.9. The molecule has 0 radical (unpaired) electrons. The quantitative estimate of drug-likeness (QED) is 0.0946. The molecule has 3 aromatic rings. The lowest BCUT2D eigenvalue weighted by Gasteiger charge is -2.17. The first-order chi connectivity index (χ1) is 21.2. The second-order valence-corrected chi connectivity index (χ2v) is 10.4. The maximum Gasteiger partial charge on any atom is 0.294 e. The smallest absolute Gasteiger partial charge is 0.294 e. The number of carbonyl (C=O) groups is 3. The van der Waals surface area contributed by atoms with Crippen LogP contribution in [0.25, 0.3) is 6.08 Å². The van der Waals surface area contributed by atoms with E-state index in [2.05, 4.69) is 11.9 Å². The van der Waals surface area contributed by atoms with E-state index in [1.165, 1.54) is 12.1 Å². The van der Waals surface area contributed by atoms with Crippen molar-refractivity contribution in [3.05, 3.63) is 105 Å². The average Bonchev–Trinajstić information content (AvgIpc) is 3.25. The first-order valence-corrected chi connectivity index (χ1v) is 14.6.